The molecule has 1 atom stereocenters. The summed E-state index contributed by atoms with van der Waals surface area (Å²) in [4.78, 5) is 0.458. The largest absolute Gasteiger partial charge is 0.243 e. The van der Waals surface area contributed by atoms with Crippen LogP contribution in [0.5, 0.6) is 0 Å². The molecular formula is C19H23NO4S2. The van der Waals surface area contributed by atoms with Gasteiger partial charge in [0.2, 0.25) is 10.0 Å². The van der Waals surface area contributed by atoms with Crippen LogP contribution in [0.4, 0.5) is 0 Å². The summed E-state index contributed by atoms with van der Waals surface area (Å²) in [5, 5.41) is -0.723. The van der Waals surface area contributed by atoms with Crippen LogP contribution in [0.15, 0.2) is 58.3 Å². The summed E-state index contributed by atoms with van der Waals surface area (Å²) in [5.74, 6) is 0. The second-order valence-corrected chi connectivity index (χ2v) is 11.0. The van der Waals surface area contributed by atoms with E-state index in [9.17, 15) is 16.8 Å². The normalized spacial score (nSPS) is 19.4. The summed E-state index contributed by atoms with van der Waals surface area (Å²) < 4.78 is 52.9. The zero-order valence-electron chi connectivity index (χ0n) is 14.9. The van der Waals surface area contributed by atoms with E-state index < -0.39 is 25.1 Å². The Morgan fingerprint density at radius 1 is 0.808 bits per heavy atom. The second kappa shape index (κ2) is 7.13. The van der Waals surface area contributed by atoms with Gasteiger partial charge in [0.1, 0.15) is 0 Å². The highest BCUT2D eigenvalue weighted by molar-refractivity contribution is 7.92. The number of hydrogen-bond donors (Lipinski definition) is 0. The lowest BCUT2D eigenvalue weighted by Crippen LogP contribution is -2.45. The van der Waals surface area contributed by atoms with Crippen molar-refractivity contribution in [3.8, 4) is 0 Å². The van der Waals surface area contributed by atoms with Crippen LogP contribution in [-0.4, -0.2) is 39.5 Å². The van der Waals surface area contributed by atoms with Gasteiger partial charge < -0.3 is 0 Å². The quantitative estimate of drug-likeness (QED) is 0.801. The smallest absolute Gasteiger partial charge is 0.223 e. The van der Waals surface area contributed by atoms with Gasteiger partial charge >= 0.3 is 0 Å². The summed E-state index contributed by atoms with van der Waals surface area (Å²) in [5.41, 5.74) is 1.96. The SMILES string of the molecule is Cc1ccc(S(=O)(=O)C2CCCN(S(=O)(=O)c3ccc(C)cc3)C2)cc1. The van der Waals surface area contributed by atoms with Crippen molar-refractivity contribution in [2.75, 3.05) is 13.1 Å². The average molecular weight is 394 g/mol. The Balaban J connectivity index is 1.87. The third kappa shape index (κ3) is 3.70. The van der Waals surface area contributed by atoms with Gasteiger partial charge in [-0.15, -0.1) is 0 Å². The molecular weight excluding hydrogens is 370 g/mol. The second-order valence-electron chi connectivity index (χ2n) is 6.80. The molecule has 0 bridgehead atoms. The lowest BCUT2D eigenvalue weighted by atomic mass is 10.2. The van der Waals surface area contributed by atoms with Crippen molar-refractivity contribution < 1.29 is 16.8 Å². The molecule has 0 N–H and O–H groups in total. The Labute approximate surface area is 155 Å². The minimum absolute atomic E-state index is 0.00752. The molecule has 2 aromatic rings. The van der Waals surface area contributed by atoms with Gasteiger partial charge in [0.15, 0.2) is 9.84 Å². The van der Waals surface area contributed by atoms with Crippen LogP contribution in [0.2, 0.25) is 0 Å². The van der Waals surface area contributed by atoms with E-state index in [1.807, 2.05) is 13.8 Å². The van der Waals surface area contributed by atoms with Crippen molar-refractivity contribution in [1.82, 2.24) is 4.31 Å². The molecule has 7 heteroatoms. The summed E-state index contributed by atoms with van der Waals surface area (Å²) >= 11 is 0. The Morgan fingerprint density at radius 3 is 1.85 bits per heavy atom. The average Bonchev–Trinajstić information content (AvgIpc) is 2.62. The van der Waals surface area contributed by atoms with Gasteiger partial charge in [-0.1, -0.05) is 35.4 Å². The van der Waals surface area contributed by atoms with E-state index in [2.05, 4.69) is 0 Å². The highest BCUT2D eigenvalue weighted by Crippen LogP contribution is 2.27. The van der Waals surface area contributed by atoms with Gasteiger partial charge in [-0.25, -0.2) is 16.8 Å². The Bertz CT molecular complexity index is 897. The van der Waals surface area contributed by atoms with Crippen LogP contribution in [0.25, 0.3) is 0 Å². The van der Waals surface area contributed by atoms with Crippen LogP contribution in [0, 0.1) is 13.8 Å². The maximum Gasteiger partial charge on any atom is 0.243 e. The van der Waals surface area contributed by atoms with E-state index in [1.54, 1.807) is 48.5 Å². The molecule has 0 aliphatic carbocycles. The number of rotatable bonds is 4. The first-order chi connectivity index (χ1) is 12.2. The maximum atomic E-state index is 12.9. The molecule has 2 aromatic carbocycles. The van der Waals surface area contributed by atoms with E-state index in [-0.39, 0.29) is 16.3 Å². The molecule has 0 saturated carbocycles. The molecule has 1 aliphatic heterocycles. The number of sulfone groups is 1. The monoisotopic (exact) mass is 393 g/mol. The van der Waals surface area contributed by atoms with Gasteiger partial charge in [0, 0.05) is 13.1 Å². The number of piperidine rings is 1. The first-order valence-electron chi connectivity index (χ1n) is 8.58. The zero-order chi connectivity index (χ0) is 18.9. The number of sulfonamides is 1. The Kier molecular flexibility index (Phi) is 5.23. The number of benzene rings is 2. The zero-order valence-corrected chi connectivity index (χ0v) is 16.6. The molecule has 1 aliphatic rings. The van der Waals surface area contributed by atoms with Crippen molar-refractivity contribution in [1.29, 1.82) is 0 Å². The van der Waals surface area contributed by atoms with Crippen LogP contribution in [0.3, 0.4) is 0 Å². The molecule has 1 heterocycles. The summed E-state index contributed by atoms with van der Waals surface area (Å²) in [6.07, 6.45) is 0.997. The molecule has 5 nitrogen and oxygen atoms in total. The van der Waals surface area contributed by atoms with Gasteiger partial charge in [-0.2, -0.15) is 4.31 Å². The molecule has 140 valence electrons. The molecule has 1 saturated heterocycles. The fraction of sp³-hybridized carbons (Fsp3) is 0.368. The molecule has 26 heavy (non-hydrogen) atoms. The van der Waals surface area contributed by atoms with Crippen molar-refractivity contribution in [3.63, 3.8) is 0 Å². The predicted octanol–water partition coefficient (Wildman–Crippen LogP) is 2.93. The van der Waals surface area contributed by atoms with Crippen molar-refractivity contribution in [3.05, 3.63) is 59.7 Å². The van der Waals surface area contributed by atoms with Crippen LogP contribution in [-0.2, 0) is 19.9 Å². The van der Waals surface area contributed by atoms with Crippen LogP contribution < -0.4 is 0 Å². The van der Waals surface area contributed by atoms with Crippen molar-refractivity contribution in [2.45, 2.75) is 41.7 Å². The first-order valence-corrected chi connectivity index (χ1v) is 11.6. The molecule has 1 fully saturated rings. The lowest BCUT2D eigenvalue weighted by Gasteiger charge is -2.31. The fourth-order valence-corrected chi connectivity index (χ4v) is 6.53. The topological polar surface area (TPSA) is 71.5 Å². The van der Waals surface area contributed by atoms with E-state index in [0.29, 0.717) is 19.4 Å². The third-order valence-electron chi connectivity index (χ3n) is 4.79. The van der Waals surface area contributed by atoms with Gasteiger partial charge in [0.05, 0.1) is 15.0 Å². The molecule has 3 rings (SSSR count). The van der Waals surface area contributed by atoms with Crippen molar-refractivity contribution in [2.24, 2.45) is 0 Å². The minimum Gasteiger partial charge on any atom is -0.223 e. The summed E-state index contributed by atoms with van der Waals surface area (Å²) in [6.45, 7) is 4.12. The summed E-state index contributed by atoms with van der Waals surface area (Å²) in [6, 6.07) is 13.4. The van der Waals surface area contributed by atoms with Crippen LogP contribution >= 0.6 is 0 Å². The Hall–Kier alpha value is -1.70. The first kappa shape index (κ1) is 19.1. The van der Waals surface area contributed by atoms with E-state index in [0.717, 1.165) is 11.1 Å². The maximum absolute atomic E-state index is 12.9. The van der Waals surface area contributed by atoms with E-state index in [4.69, 9.17) is 0 Å². The molecule has 0 spiro atoms. The molecule has 0 amide bonds. The van der Waals surface area contributed by atoms with Crippen LogP contribution in [0.1, 0.15) is 24.0 Å². The molecule has 0 aromatic heterocycles. The standard InChI is InChI=1S/C19H23NO4S2/c1-15-5-9-17(10-6-15)25(21,22)19-4-3-13-20(14-19)26(23,24)18-11-7-16(2)8-12-18/h5-12,19H,3-4,13-14H2,1-2H3. The predicted molar refractivity (Wildman–Crippen MR) is 101 cm³/mol. The number of hydrogen-bond acceptors (Lipinski definition) is 4. The summed E-state index contributed by atoms with van der Waals surface area (Å²) in [7, 11) is -7.26. The lowest BCUT2D eigenvalue weighted by molar-refractivity contribution is 0.346. The highest BCUT2D eigenvalue weighted by atomic mass is 32.2. The Morgan fingerprint density at radius 2 is 1.31 bits per heavy atom. The highest BCUT2D eigenvalue weighted by Gasteiger charge is 2.36. The third-order valence-corrected chi connectivity index (χ3v) is 8.86. The number of aryl methyl sites for hydroxylation is 2. The molecule has 0 radical (unpaired) electrons. The van der Waals surface area contributed by atoms with E-state index >= 15 is 0 Å². The minimum atomic E-state index is -3.69. The van der Waals surface area contributed by atoms with Gasteiger partial charge in [-0.3, -0.25) is 0 Å². The van der Waals surface area contributed by atoms with Crippen molar-refractivity contribution >= 4 is 19.9 Å². The van der Waals surface area contributed by atoms with Gasteiger partial charge in [-0.05, 0) is 51.0 Å². The van der Waals surface area contributed by atoms with E-state index in [1.165, 1.54) is 4.31 Å². The number of nitrogens with zero attached hydrogens (tertiary/aromatic N) is 1. The molecule has 1 unspecified atom stereocenters. The van der Waals surface area contributed by atoms with Gasteiger partial charge in [0.25, 0.3) is 0 Å². The fourth-order valence-electron chi connectivity index (χ4n) is 3.16.